The van der Waals surface area contributed by atoms with Gasteiger partial charge in [-0.25, -0.2) is 8.78 Å². The van der Waals surface area contributed by atoms with E-state index in [1.165, 1.54) is 11.0 Å². The number of carbonyl (C=O) groups is 2. The maximum atomic E-state index is 14.2. The number of hydrogen-bond donors (Lipinski definition) is 0. The van der Waals surface area contributed by atoms with E-state index < -0.39 is 29.2 Å². The highest BCUT2D eigenvalue weighted by Gasteiger charge is 2.39. The SMILES string of the molecule is C[C@H]1Oc2ccccc2CCCCC2(CCN(C(=O)c3c(F)cccc3F)CC2)CN(C)C1=O. The smallest absolute Gasteiger partial charge is 0.263 e. The van der Waals surface area contributed by atoms with Crippen LogP contribution in [-0.2, 0) is 11.2 Å². The summed E-state index contributed by atoms with van der Waals surface area (Å²) in [6.45, 7) is 3.16. The third kappa shape index (κ3) is 5.08. The van der Waals surface area contributed by atoms with Gasteiger partial charge in [0.2, 0.25) is 0 Å². The summed E-state index contributed by atoms with van der Waals surface area (Å²) in [7, 11) is 1.80. The molecular weight excluding hydrogens is 438 g/mol. The van der Waals surface area contributed by atoms with Crippen LogP contribution in [0.4, 0.5) is 8.78 Å². The molecule has 1 fully saturated rings. The van der Waals surface area contributed by atoms with Crippen molar-refractivity contribution in [2.24, 2.45) is 5.41 Å². The fraction of sp³-hybridized carbons (Fsp3) is 0.481. The maximum Gasteiger partial charge on any atom is 0.263 e. The van der Waals surface area contributed by atoms with E-state index in [-0.39, 0.29) is 11.3 Å². The second-order valence-corrected chi connectivity index (χ2v) is 9.66. The third-order valence-corrected chi connectivity index (χ3v) is 7.26. The van der Waals surface area contributed by atoms with E-state index in [0.29, 0.717) is 32.5 Å². The molecule has 0 aliphatic carbocycles. The van der Waals surface area contributed by atoms with Gasteiger partial charge in [0.25, 0.3) is 11.8 Å². The number of para-hydroxylation sites is 1. The van der Waals surface area contributed by atoms with Crippen LogP contribution < -0.4 is 4.74 Å². The van der Waals surface area contributed by atoms with Crippen LogP contribution >= 0.6 is 0 Å². The Morgan fingerprint density at radius 1 is 1.00 bits per heavy atom. The monoisotopic (exact) mass is 470 g/mol. The van der Waals surface area contributed by atoms with Crippen molar-refractivity contribution in [3.63, 3.8) is 0 Å². The maximum absolute atomic E-state index is 14.2. The molecule has 2 amide bonds. The van der Waals surface area contributed by atoms with Crippen LogP contribution in [0.3, 0.4) is 0 Å². The van der Waals surface area contributed by atoms with Gasteiger partial charge < -0.3 is 14.5 Å². The molecule has 2 aromatic rings. The highest BCUT2D eigenvalue weighted by molar-refractivity contribution is 5.94. The minimum atomic E-state index is -0.837. The van der Waals surface area contributed by atoms with Crippen molar-refractivity contribution >= 4 is 11.8 Å². The zero-order chi connectivity index (χ0) is 24.3. The Hall–Kier alpha value is -2.96. The number of carbonyl (C=O) groups excluding carboxylic acids is 2. The van der Waals surface area contributed by atoms with Gasteiger partial charge in [-0.3, -0.25) is 9.59 Å². The zero-order valence-electron chi connectivity index (χ0n) is 19.9. The molecule has 4 rings (SSSR count). The molecule has 1 saturated heterocycles. The van der Waals surface area contributed by atoms with E-state index in [0.717, 1.165) is 49.1 Å². The van der Waals surface area contributed by atoms with E-state index in [1.54, 1.807) is 18.9 Å². The number of halogens is 2. The number of aryl methyl sites for hydroxylation is 1. The summed E-state index contributed by atoms with van der Waals surface area (Å²) in [5.74, 6) is -1.60. The van der Waals surface area contributed by atoms with Gasteiger partial charge in [-0.1, -0.05) is 30.7 Å². The van der Waals surface area contributed by atoms with Crippen molar-refractivity contribution in [1.29, 1.82) is 0 Å². The number of rotatable bonds is 1. The molecular formula is C27H32F2N2O3. The lowest BCUT2D eigenvalue weighted by atomic mass is 9.73. The predicted molar refractivity (Wildman–Crippen MR) is 126 cm³/mol. The first-order valence-corrected chi connectivity index (χ1v) is 12.0. The van der Waals surface area contributed by atoms with Crippen LogP contribution in [0.25, 0.3) is 0 Å². The van der Waals surface area contributed by atoms with Gasteiger partial charge in [0.05, 0.1) is 0 Å². The minimum Gasteiger partial charge on any atom is -0.481 e. The van der Waals surface area contributed by atoms with E-state index in [9.17, 15) is 18.4 Å². The molecule has 2 aliphatic heterocycles. The first-order valence-electron chi connectivity index (χ1n) is 12.0. The Balaban J connectivity index is 1.49. The summed E-state index contributed by atoms with van der Waals surface area (Å²) in [5.41, 5.74) is 0.466. The van der Waals surface area contributed by atoms with Gasteiger partial charge in [-0.2, -0.15) is 0 Å². The first kappa shape index (κ1) is 24.2. The van der Waals surface area contributed by atoms with Crippen LogP contribution in [-0.4, -0.2) is 54.4 Å². The Labute approximate surface area is 199 Å². The number of amides is 2. The molecule has 34 heavy (non-hydrogen) atoms. The first-order chi connectivity index (χ1) is 16.3. The number of benzene rings is 2. The number of hydrogen-bond acceptors (Lipinski definition) is 3. The fourth-order valence-corrected chi connectivity index (χ4v) is 5.30. The normalized spacial score (nSPS) is 21.3. The standard InChI is InChI=1S/C27H32F2N2O3/c1-19-25(32)30(2)18-27(13-6-5-9-20-8-3-4-12-23(20)34-19)14-16-31(17-15-27)26(33)24-21(28)10-7-11-22(24)29/h3-4,7-8,10-12,19H,5-6,9,13-18H2,1-2H3/t19-/m1/s1. The summed E-state index contributed by atoms with van der Waals surface area (Å²) in [4.78, 5) is 29.2. The number of likely N-dealkylation sites (tertiary alicyclic amines) is 1. The topological polar surface area (TPSA) is 49.9 Å². The van der Waals surface area contributed by atoms with Crippen LogP contribution in [0.5, 0.6) is 5.75 Å². The van der Waals surface area contributed by atoms with Gasteiger partial charge in [-0.15, -0.1) is 0 Å². The highest BCUT2D eigenvalue weighted by Crippen LogP contribution is 2.39. The summed E-state index contributed by atoms with van der Waals surface area (Å²) in [6.07, 6.45) is 4.54. The zero-order valence-corrected chi connectivity index (χ0v) is 19.9. The average molecular weight is 471 g/mol. The van der Waals surface area contributed by atoms with Crippen molar-refractivity contribution in [2.45, 2.75) is 51.6 Å². The lowest BCUT2D eigenvalue weighted by Gasteiger charge is -2.44. The van der Waals surface area contributed by atoms with Gasteiger partial charge in [-0.05, 0) is 68.2 Å². The second-order valence-electron chi connectivity index (χ2n) is 9.66. The van der Waals surface area contributed by atoms with E-state index in [1.807, 2.05) is 24.3 Å². The molecule has 0 N–H and O–H groups in total. The molecule has 2 aliphatic rings. The second kappa shape index (κ2) is 10.1. The molecule has 1 spiro atoms. The Kier molecular flexibility index (Phi) is 7.19. The third-order valence-electron chi connectivity index (χ3n) is 7.26. The minimum absolute atomic E-state index is 0.0818. The van der Waals surface area contributed by atoms with Crippen molar-refractivity contribution in [3.05, 3.63) is 65.2 Å². The number of fused-ring (bicyclic) bond motifs is 1. The largest absolute Gasteiger partial charge is 0.481 e. The molecule has 7 heteroatoms. The quantitative estimate of drug-likeness (QED) is 0.599. The summed E-state index contributed by atoms with van der Waals surface area (Å²) < 4.78 is 34.3. The van der Waals surface area contributed by atoms with Crippen molar-refractivity contribution in [3.8, 4) is 5.75 Å². The molecule has 0 unspecified atom stereocenters. The number of piperidine rings is 1. The number of ether oxygens (including phenoxy) is 1. The highest BCUT2D eigenvalue weighted by atomic mass is 19.1. The van der Waals surface area contributed by atoms with Crippen LogP contribution in [0, 0.1) is 17.0 Å². The van der Waals surface area contributed by atoms with Crippen molar-refractivity contribution in [2.75, 3.05) is 26.7 Å². The van der Waals surface area contributed by atoms with E-state index in [2.05, 4.69) is 0 Å². The van der Waals surface area contributed by atoms with Gasteiger partial charge in [0.1, 0.15) is 22.9 Å². The van der Waals surface area contributed by atoms with Crippen molar-refractivity contribution in [1.82, 2.24) is 9.80 Å². The van der Waals surface area contributed by atoms with Gasteiger partial charge >= 0.3 is 0 Å². The Morgan fingerprint density at radius 2 is 1.68 bits per heavy atom. The van der Waals surface area contributed by atoms with Gasteiger partial charge in [0, 0.05) is 26.7 Å². The Morgan fingerprint density at radius 3 is 2.38 bits per heavy atom. The molecule has 0 aromatic heterocycles. The molecule has 0 saturated carbocycles. The average Bonchev–Trinajstić information content (AvgIpc) is 2.82. The van der Waals surface area contributed by atoms with Crippen LogP contribution in [0.1, 0.15) is 54.9 Å². The van der Waals surface area contributed by atoms with Crippen LogP contribution in [0.15, 0.2) is 42.5 Å². The van der Waals surface area contributed by atoms with E-state index >= 15 is 0 Å². The lowest BCUT2D eigenvalue weighted by Crippen LogP contribution is -2.50. The molecule has 2 aromatic carbocycles. The Bertz CT molecular complexity index is 1030. The van der Waals surface area contributed by atoms with E-state index in [4.69, 9.17) is 4.74 Å². The molecule has 5 nitrogen and oxygen atoms in total. The number of likely N-dealkylation sites (N-methyl/N-ethyl adjacent to an activating group) is 1. The predicted octanol–water partition coefficient (Wildman–Crippen LogP) is 4.84. The molecule has 0 bridgehead atoms. The molecule has 182 valence electrons. The molecule has 1 atom stereocenters. The van der Waals surface area contributed by atoms with Crippen LogP contribution in [0.2, 0.25) is 0 Å². The number of nitrogens with zero attached hydrogens (tertiary/aromatic N) is 2. The van der Waals surface area contributed by atoms with Gasteiger partial charge in [0.15, 0.2) is 6.10 Å². The fourth-order valence-electron chi connectivity index (χ4n) is 5.30. The van der Waals surface area contributed by atoms with Crippen molar-refractivity contribution < 1.29 is 23.1 Å². The summed E-state index contributed by atoms with van der Waals surface area (Å²) in [6, 6.07) is 11.3. The lowest BCUT2D eigenvalue weighted by molar-refractivity contribution is -0.138. The molecule has 0 radical (unpaired) electrons. The summed E-state index contributed by atoms with van der Waals surface area (Å²) in [5, 5.41) is 0. The summed E-state index contributed by atoms with van der Waals surface area (Å²) >= 11 is 0. The molecule has 2 heterocycles.